The molecule has 6 rings (SSSR count). The summed E-state index contributed by atoms with van der Waals surface area (Å²) in [4.78, 5) is 46.8. The molecule has 12 heteroatoms. The van der Waals surface area contributed by atoms with Gasteiger partial charge in [0.05, 0.1) is 43.7 Å². The van der Waals surface area contributed by atoms with Crippen LogP contribution < -0.4 is 19.9 Å². The van der Waals surface area contributed by atoms with Crippen LogP contribution in [0.1, 0.15) is 40.9 Å². The number of pyridine rings is 1. The zero-order valence-electron chi connectivity index (χ0n) is 25.3. The van der Waals surface area contributed by atoms with E-state index in [1.165, 1.54) is 17.5 Å². The molecule has 3 aromatic rings. The van der Waals surface area contributed by atoms with Crippen molar-refractivity contribution in [3.8, 4) is 11.5 Å². The van der Waals surface area contributed by atoms with Crippen LogP contribution in [0.25, 0.3) is 0 Å². The molecule has 0 spiro atoms. The van der Waals surface area contributed by atoms with E-state index in [9.17, 15) is 9.59 Å². The number of benzene rings is 1. The van der Waals surface area contributed by atoms with Gasteiger partial charge in [0, 0.05) is 57.8 Å². The van der Waals surface area contributed by atoms with Crippen LogP contribution in [0.15, 0.2) is 48.8 Å². The van der Waals surface area contributed by atoms with Crippen molar-refractivity contribution in [1.82, 2.24) is 25.2 Å². The number of carbonyl (C=O) groups excluding carboxylic acids is 2. The van der Waals surface area contributed by atoms with Crippen LogP contribution in [0.2, 0.25) is 0 Å². The molecule has 2 saturated heterocycles. The third-order valence-corrected chi connectivity index (χ3v) is 8.15. The first-order valence-corrected chi connectivity index (χ1v) is 15.2. The minimum Gasteiger partial charge on any atom is -0.456 e. The summed E-state index contributed by atoms with van der Waals surface area (Å²) in [7, 11) is 1.56. The van der Waals surface area contributed by atoms with E-state index in [1.807, 2.05) is 37.3 Å². The molecule has 2 fully saturated rings. The number of ether oxygens (including phenoxy) is 3. The highest BCUT2D eigenvalue weighted by atomic mass is 16.5. The second-order valence-corrected chi connectivity index (χ2v) is 11.5. The van der Waals surface area contributed by atoms with E-state index >= 15 is 0 Å². The van der Waals surface area contributed by atoms with Crippen molar-refractivity contribution in [1.29, 1.82) is 0 Å². The average Bonchev–Trinajstić information content (AvgIpc) is 3.44. The fourth-order valence-corrected chi connectivity index (χ4v) is 5.89. The van der Waals surface area contributed by atoms with Crippen molar-refractivity contribution in [3.05, 3.63) is 65.6 Å². The Balaban J connectivity index is 1.28. The van der Waals surface area contributed by atoms with Crippen LogP contribution in [0.3, 0.4) is 0 Å². The fourth-order valence-electron chi connectivity index (χ4n) is 5.89. The highest BCUT2D eigenvalue weighted by Gasteiger charge is 2.36. The van der Waals surface area contributed by atoms with Gasteiger partial charge < -0.3 is 34.2 Å². The number of anilines is 2. The molecule has 1 N–H and O–H groups in total. The molecule has 1 aromatic carbocycles. The maximum absolute atomic E-state index is 13.5. The van der Waals surface area contributed by atoms with Gasteiger partial charge in [-0.05, 0) is 49.9 Å². The number of aromatic nitrogens is 3. The molecule has 0 radical (unpaired) electrons. The quantitative estimate of drug-likeness (QED) is 0.467. The number of hydrogen-bond donors (Lipinski definition) is 1. The zero-order valence-corrected chi connectivity index (χ0v) is 25.3. The van der Waals surface area contributed by atoms with Gasteiger partial charge in [-0.2, -0.15) is 4.98 Å². The van der Waals surface area contributed by atoms with E-state index in [0.717, 1.165) is 49.0 Å². The van der Waals surface area contributed by atoms with E-state index in [-0.39, 0.29) is 43.7 Å². The highest BCUT2D eigenvalue weighted by molar-refractivity contribution is 5.96. The summed E-state index contributed by atoms with van der Waals surface area (Å²) in [5, 5.41) is 3.16. The molecule has 0 saturated carbocycles. The minimum atomic E-state index is -0.335. The normalized spacial score (nSPS) is 21.1. The van der Waals surface area contributed by atoms with Crippen LogP contribution in [0, 0.1) is 6.92 Å². The number of nitrogens with zero attached hydrogens (tertiary/aromatic N) is 6. The van der Waals surface area contributed by atoms with Crippen LogP contribution in [0.4, 0.5) is 11.8 Å². The monoisotopic (exact) mass is 601 g/mol. The maximum Gasteiger partial charge on any atom is 0.256 e. The van der Waals surface area contributed by atoms with Crippen LogP contribution in [-0.4, -0.2) is 96.8 Å². The second-order valence-electron chi connectivity index (χ2n) is 11.5. The van der Waals surface area contributed by atoms with E-state index in [2.05, 4.69) is 20.1 Å². The first-order chi connectivity index (χ1) is 21.4. The number of piperidine rings is 1. The van der Waals surface area contributed by atoms with Crippen molar-refractivity contribution in [3.63, 3.8) is 0 Å². The van der Waals surface area contributed by atoms with E-state index in [4.69, 9.17) is 24.2 Å². The summed E-state index contributed by atoms with van der Waals surface area (Å²) < 4.78 is 17.8. The van der Waals surface area contributed by atoms with Gasteiger partial charge in [0.2, 0.25) is 11.9 Å². The lowest BCUT2D eigenvalue weighted by atomic mass is 10.1. The molecule has 3 aliphatic rings. The predicted octanol–water partition coefficient (Wildman–Crippen LogP) is 2.96. The predicted molar refractivity (Wildman–Crippen MR) is 164 cm³/mol. The Morgan fingerprint density at radius 3 is 2.70 bits per heavy atom. The lowest BCUT2D eigenvalue weighted by Crippen LogP contribution is -2.49. The third-order valence-electron chi connectivity index (χ3n) is 8.15. The van der Waals surface area contributed by atoms with E-state index < -0.39 is 0 Å². The average molecular weight is 602 g/mol. The SMILES string of the molecule is COCCN1CC(=O)N[C@H]2CN(c3cc(C)nc(N4CCCCC4)n3)C[C@@H]2OCc2cccc(c2)Oc2cncc(c2)C1=O. The summed E-state index contributed by atoms with van der Waals surface area (Å²) in [5.41, 5.74) is 2.15. The van der Waals surface area contributed by atoms with Crippen molar-refractivity contribution in [2.45, 2.75) is 44.9 Å². The Bertz CT molecular complexity index is 1480. The number of nitrogens with one attached hydrogen (secondary N) is 1. The first kappa shape index (κ1) is 29.8. The van der Waals surface area contributed by atoms with E-state index in [1.54, 1.807) is 19.4 Å². The maximum atomic E-state index is 13.5. The van der Waals surface area contributed by atoms with Gasteiger partial charge in [-0.15, -0.1) is 0 Å². The van der Waals surface area contributed by atoms with Crippen molar-refractivity contribution in [2.75, 3.05) is 62.8 Å². The molecule has 0 aliphatic carbocycles. The summed E-state index contributed by atoms with van der Waals surface area (Å²) in [6.45, 7) is 5.66. The lowest BCUT2D eigenvalue weighted by Gasteiger charge is -2.28. The number of amides is 2. The van der Waals surface area contributed by atoms with Gasteiger partial charge in [-0.25, -0.2) is 4.98 Å². The van der Waals surface area contributed by atoms with Crippen molar-refractivity contribution < 1.29 is 23.8 Å². The summed E-state index contributed by atoms with van der Waals surface area (Å²) in [6, 6.07) is 10.9. The molecular weight excluding hydrogens is 562 g/mol. The molecule has 4 bridgehead atoms. The topological polar surface area (TPSA) is 122 Å². The number of hydrogen-bond acceptors (Lipinski definition) is 10. The minimum absolute atomic E-state index is 0.138. The van der Waals surface area contributed by atoms with Gasteiger partial charge in [0.1, 0.15) is 17.3 Å². The van der Waals surface area contributed by atoms with Gasteiger partial charge in [-0.3, -0.25) is 14.6 Å². The number of rotatable bonds is 5. The molecule has 0 unspecified atom stereocenters. The fraction of sp³-hybridized carbons (Fsp3) is 0.469. The van der Waals surface area contributed by atoms with Crippen LogP contribution >= 0.6 is 0 Å². The smallest absolute Gasteiger partial charge is 0.256 e. The summed E-state index contributed by atoms with van der Waals surface area (Å²) in [6.07, 6.45) is 6.22. The number of methoxy groups -OCH3 is 1. The Morgan fingerprint density at radius 1 is 1.00 bits per heavy atom. The van der Waals surface area contributed by atoms with Gasteiger partial charge >= 0.3 is 0 Å². The zero-order chi connectivity index (χ0) is 30.5. The third kappa shape index (κ3) is 7.08. The molecule has 232 valence electrons. The molecule has 3 aliphatic heterocycles. The molecule has 2 aromatic heterocycles. The summed E-state index contributed by atoms with van der Waals surface area (Å²) in [5.74, 6) is 1.98. The molecular formula is C32H39N7O5. The lowest BCUT2D eigenvalue weighted by molar-refractivity contribution is -0.123. The first-order valence-electron chi connectivity index (χ1n) is 15.2. The Hall–Kier alpha value is -4.29. The largest absolute Gasteiger partial charge is 0.456 e. The molecule has 5 heterocycles. The van der Waals surface area contributed by atoms with Crippen molar-refractivity contribution >= 4 is 23.6 Å². The Labute approximate surface area is 257 Å². The van der Waals surface area contributed by atoms with Gasteiger partial charge in [0.15, 0.2) is 0 Å². The second kappa shape index (κ2) is 13.6. The Morgan fingerprint density at radius 2 is 1.86 bits per heavy atom. The van der Waals surface area contributed by atoms with Crippen molar-refractivity contribution in [2.24, 2.45) is 0 Å². The van der Waals surface area contributed by atoms with Crippen LogP contribution in [0.5, 0.6) is 11.5 Å². The van der Waals surface area contributed by atoms with Crippen LogP contribution in [-0.2, 0) is 20.9 Å². The summed E-state index contributed by atoms with van der Waals surface area (Å²) >= 11 is 0. The van der Waals surface area contributed by atoms with E-state index in [0.29, 0.717) is 36.8 Å². The number of carbonyl (C=O) groups is 2. The Kier molecular flexibility index (Phi) is 9.17. The standard InChI is InChI=1S/C32H39N7O5/c1-22-13-29(36-32(34-22)37-9-4-3-5-10-37)39-18-27-28(19-39)43-21-23-7-6-8-25(14-23)44-26-15-24(16-33-17-26)31(41)38(11-12-42-2)20-30(40)35-27/h6-8,13-17,27-28H,3-5,9-12,18-21H2,1-2H3,(H,35,40)/t27-,28-/m0/s1. The van der Waals surface area contributed by atoms with Gasteiger partial charge in [0.25, 0.3) is 5.91 Å². The number of aryl methyl sites for hydroxylation is 1. The highest BCUT2D eigenvalue weighted by Crippen LogP contribution is 2.27. The molecule has 2 atom stereocenters. The molecule has 2 amide bonds. The molecule has 44 heavy (non-hydrogen) atoms. The molecule has 12 nitrogen and oxygen atoms in total. The number of fused-ring (bicyclic) bond motifs is 5. The van der Waals surface area contributed by atoms with Gasteiger partial charge in [-0.1, -0.05) is 12.1 Å².